The lowest BCUT2D eigenvalue weighted by Crippen LogP contribution is -2.55. The molecule has 5 saturated carbocycles. The molecular weight excluding hydrogens is 452 g/mol. The van der Waals surface area contributed by atoms with Gasteiger partial charge in [0.15, 0.2) is 0 Å². The zero-order chi connectivity index (χ0) is 23.9. The van der Waals surface area contributed by atoms with Gasteiger partial charge in [-0.15, -0.1) is 11.8 Å². The summed E-state index contributed by atoms with van der Waals surface area (Å²) in [5.41, 5.74) is 1.34. The molecule has 0 atom stereocenters. The molecule has 188 valence electrons. The molecule has 0 aromatic carbocycles. The number of nitrogens with zero attached hydrogens (tertiary/aromatic N) is 1. The van der Waals surface area contributed by atoms with E-state index in [4.69, 9.17) is 15.1 Å². The molecule has 0 saturated heterocycles. The number of rotatable bonds is 8. The fourth-order valence-electron chi connectivity index (χ4n) is 6.84. The molecule has 5 fully saturated rings. The SMILES string of the molecule is CC(C)(COc1noc(C(=O)NC2C3CC4CC(C3)CC2C4)c1SC1CCCCC1)C(=O)NN. The first-order valence-electron chi connectivity index (χ1n) is 12.9. The standard InChI is InChI=1S/C25H38N4O4S/c1-25(2,24(31)28-26)13-32-23-21(34-18-6-4-3-5-7-18)20(33-29-23)22(30)27-19-16-9-14-8-15(11-16)12-17(19)10-14/h14-19H,3-13,26H2,1-2H3,(H,27,30)(H,28,31). The van der Waals surface area contributed by atoms with Crippen LogP contribution in [0.15, 0.2) is 9.42 Å². The summed E-state index contributed by atoms with van der Waals surface area (Å²) in [6, 6.07) is 0.231. The van der Waals surface area contributed by atoms with Gasteiger partial charge in [0.1, 0.15) is 11.5 Å². The summed E-state index contributed by atoms with van der Waals surface area (Å²) in [4.78, 5) is 26.2. The highest BCUT2D eigenvalue weighted by Gasteiger charge is 2.49. The largest absolute Gasteiger partial charge is 0.474 e. The zero-order valence-electron chi connectivity index (χ0n) is 20.3. The van der Waals surface area contributed by atoms with Gasteiger partial charge in [-0.25, -0.2) is 5.84 Å². The van der Waals surface area contributed by atoms with Gasteiger partial charge in [0, 0.05) is 11.3 Å². The lowest BCUT2D eigenvalue weighted by atomic mass is 9.54. The van der Waals surface area contributed by atoms with Crippen molar-refractivity contribution in [2.24, 2.45) is 34.9 Å². The fraction of sp³-hybridized carbons (Fsp3) is 0.800. The van der Waals surface area contributed by atoms with Crippen LogP contribution < -0.4 is 21.3 Å². The Morgan fingerprint density at radius 1 is 1.09 bits per heavy atom. The zero-order valence-corrected chi connectivity index (χ0v) is 21.1. The van der Waals surface area contributed by atoms with E-state index in [9.17, 15) is 9.59 Å². The van der Waals surface area contributed by atoms with Crippen LogP contribution in [0, 0.1) is 29.1 Å². The van der Waals surface area contributed by atoms with E-state index >= 15 is 0 Å². The number of hydrazine groups is 1. The van der Waals surface area contributed by atoms with E-state index in [0.717, 1.165) is 24.7 Å². The van der Waals surface area contributed by atoms with Crippen molar-refractivity contribution in [1.29, 1.82) is 0 Å². The van der Waals surface area contributed by atoms with Gasteiger partial charge in [-0.3, -0.25) is 15.0 Å². The summed E-state index contributed by atoms with van der Waals surface area (Å²) in [5.74, 6) is 8.24. The van der Waals surface area contributed by atoms with Crippen LogP contribution in [0.25, 0.3) is 0 Å². The predicted molar refractivity (Wildman–Crippen MR) is 129 cm³/mol. The van der Waals surface area contributed by atoms with E-state index in [-0.39, 0.29) is 30.2 Å². The molecule has 1 aromatic heterocycles. The van der Waals surface area contributed by atoms with Gasteiger partial charge >= 0.3 is 0 Å². The van der Waals surface area contributed by atoms with Gasteiger partial charge < -0.3 is 14.6 Å². The summed E-state index contributed by atoms with van der Waals surface area (Å²) in [7, 11) is 0. The van der Waals surface area contributed by atoms with Crippen LogP contribution in [-0.4, -0.2) is 34.9 Å². The van der Waals surface area contributed by atoms with Gasteiger partial charge in [-0.1, -0.05) is 19.3 Å². The van der Waals surface area contributed by atoms with E-state index in [1.807, 2.05) is 0 Å². The maximum atomic E-state index is 13.5. The monoisotopic (exact) mass is 490 g/mol. The minimum absolute atomic E-state index is 0.0808. The molecule has 5 aliphatic carbocycles. The van der Waals surface area contributed by atoms with Crippen molar-refractivity contribution in [3.63, 3.8) is 0 Å². The van der Waals surface area contributed by atoms with Crippen LogP contribution in [-0.2, 0) is 4.79 Å². The Labute approximate surface area is 205 Å². The number of aromatic nitrogens is 1. The second-order valence-electron chi connectivity index (χ2n) is 11.6. The van der Waals surface area contributed by atoms with Gasteiger partial charge in [0.25, 0.3) is 11.8 Å². The second kappa shape index (κ2) is 9.72. The number of nitrogens with one attached hydrogen (secondary N) is 2. The third kappa shape index (κ3) is 4.83. The number of carbonyl (C=O) groups is 2. The summed E-state index contributed by atoms with van der Waals surface area (Å²) in [6.45, 7) is 3.59. The summed E-state index contributed by atoms with van der Waals surface area (Å²) in [5, 5.41) is 7.89. The van der Waals surface area contributed by atoms with E-state index < -0.39 is 5.41 Å². The van der Waals surface area contributed by atoms with Crippen molar-refractivity contribution in [3.8, 4) is 5.88 Å². The third-order valence-electron chi connectivity index (χ3n) is 8.50. The molecule has 5 aliphatic rings. The minimum Gasteiger partial charge on any atom is -0.474 e. The average molecular weight is 491 g/mol. The molecule has 9 heteroatoms. The number of amides is 2. The third-order valence-corrected chi connectivity index (χ3v) is 9.90. The van der Waals surface area contributed by atoms with E-state index in [0.29, 0.717) is 27.9 Å². The second-order valence-corrected chi connectivity index (χ2v) is 12.9. The Hall–Kier alpha value is -1.74. The highest BCUT2D eigenvalue weighted by molar-refractivity contribution is 8.00. The summed E-state index contributed by atoms with van der Waals surface area (Å²) in [6.07, 6.45) is 12.2. The van der Waals surface area contributed by atoms with Crippen LogP contribution in [0.3, 0.4) is 0 Å². The van der Waals surface area contributed by atoms with Crippen LogP contribution >= 0.6 is 11.8 Å². The van der Waals surface area contributed by atoms with Crippen LogP contribution in [0.4, 0.5) is 0 Å². The maximum Gasteiger partial charge on any atom is 0.291 e. The molecule has 8 nitrogen and oxygen atoms in total. The Balaban J connectivity index is 1.33. The van der Waals surface area contributed by atoms with Gasteiger partial charge in [0.05, 0.1) is 5.41 Å². The van der Waals surface area contributed by atoms with Crippen molar-refractivity contribution >= 4 is 23.6 Å². The molecule has 2 amide bonds. The Kier molecular flexibility index (Phi) is 6.86. The molecule has 1 heterocycles. The smallest absolute Gasteiger partial charge is 0.291 e. The number of hydrogen-bond donors (Lipinski definition) is 3. The Morgan fingerprint density at radius 2 is 1.74 bits per heavy atom. The van der Waals surface area contributed by atoms with Gasteiger partial charge in [-0.2, -0.15) is 0 Å². The molecule has 1 aromatic rings. The van der Waals surface area contributed by atoms with Crippen molar-refractivity contribution in [3.05, 3.63) is 5.76 Å². The van der Waals surface area contributed by atoms with Crippen molar-refractivity contribution in [1.82, 2.24) is 15.9 Å². The molecule has 0 unspecified atom stereocenters. The van der Waals surface area contributed by atoms with Crippen molar-refractivity contribution in [2.75, 3.05) is 6.61 Å². The Morgan fingerprint density at radius 3 is 2.35 bits per heavy atom. The van der Waals surface area contributed by atoms with E-state index in [1.54, 1.807) is 25.6 Å². The first kappa shape index (κ1) is 24.0. The van der Waals surface area contributed by atoms with Crippen LogP contribution in [0.1, 0.15) is 88.6 Å². The lowest BCUT2D eigenvalue weighted by molar-refractivity contribution is -0.131. The number of hydrogen-bond acceptors (Lipinski definition) is 7. The predicted octanol–water partition coefficient (Wildman–Crippen LogP) is 4.05. The van der Waals surface area contributed by atoms with Crippen molar-refractivity contribution < 1.29 is 18.8 Å². The molecule has 4 N–H and O–H groups in total. The molecule has 0 spiro atoms. The highest BCUT2D eigenvalue weighted by Crippen LogP contribution is 2.54. The maximum absolute atomic E-state index is 13.5. The van der Waals surface area contributed by atoms with E-state index in [2.05, 4.69) is 15.9 Å². The van der Waals surface area contributed by atoms with E-state index in [1.165, 1.54) is 51.4 Å². The van der Waals surface area contributed by atoms with Crippen LogP contribution in [0.5, 0.6) is 5.88 Å². The quantitative estimate of drug-likeness (QED) is 0.286. The number of carbonyl (C=O) groups excluding carboxylic acids is 2. The number of thioether (sulfide) groups is 1. The molecule has 34 heavy (non-hydrogen) atoms. The lowest BCUT2D eigenvalue weighted by Gasteiger charge is -2.54. The number of nitrogens with two attached hydrogens (primary N) is 1. The fourth-order valence-corrected chi connectivity index (χ4v) is 8.18. The summed E-state index contributed by atoms with van der Waals surface area (Å²) >= 11 is 1.64. The number of ether oxygens (including phenoxy) is 1. The topological polar surface area (TPSA) is 119 Å². The summed E-state index contributed by atoms with van der Waals surface area (Å²) < 4.78 is 11.6. The van der Waals surface area contributed by atoms with Crippen LogP contribution in [0.2, 0.25) is 0 Å². The highest BCUT2D eigenvalue weighted by atomic mass is 32.2. The normalized spacial score (nSPS) is 30.9. The molecule has 6 rings (SSSR count). The molecular formula is C25H38N4O4S. The first-order chi connectivity index (χ1) is 16.3. The van der Waals surface area contributed by atoms with Gasteiger partial charge in [-0.05, 0) is 87.6 Å². The molecule has 0 aliphatic heterocycles. The average Bonchev–Trinajstić information content (AvgIpc) is 3.22. The minimum atomic E-state index is -0.844. The Bertz CT molecular complexity index is 883. The first-order valence-corrected chi connectivity index (χ1v) is 13.8. The van der Waals surface area contributed by atoms with Gasteiger partial charge in [0.2, 0.25) is 11.7 Å². The van der Waals surface area contributed by atoms with Crippen molar-refractivity contribution in [2.45, 2.75) is 94.2 Å². The molecule has 4 bridgehead atoms. The molecule has 0 radical (unpaired) electrons.